The second kappa shape index (κ2) is 4.93. The number of thiocarbonyl (C=S) groups is 1. The van der Waals surface area contributed by atoms with E-state index in [9.17, 15) is 0 Å². The second-order valence-corrected chi connectivity index (χ2v) is 4.99. The summed E-state index contributed by atoms with van der Waals surface area (Å²) in [5.41, 5.74) is 2.63. The molecule has 0 aliphatic carbocycles. The van der Waals surface area contributed by atoms with Crippen molar-refractivity contribution in [3.63, 3.8) is 0 Å². The van der Waals surface area contributed by atoms with Crippen molar-refractivity contribution >= 4 is 17.2 Å². The van der Waals surface area contributed by atoms with Crippen LogP contribution in [0.2, 0.25) is 0 Å². The number of hydrogen-bond donors (Lipinski definition) is 1. The summed E-state index contributed by atoms with van der Waals surface area (Å²) >= 11 is 5.33. The molecule has 3 heteroatoms. The molecule has 2 rings (SSSR count). The highest BCUT2D eigenvalue weighted by Gasteiger charge is 2.22. The molecule has 1 atom stereocenters. The zero-order valence-electron chi connectivity index (χ0n) is 9.86. The van der Waals surface area contributed by atoms with Crippen molar-refractivity contribution in [3.05, 3.63) is 35.4 Å². The number of nitrogens with one attached hydrogen (secondary N) is 1. The van der Waals surface area contributed by atoms with Crippen LogP contribution in [-0.4, -0.2) is 37.1 Å². The highest BCUT2D eigenvalue weighted by Crippen LogP contribution is 2.26. The van der Waals surface area contributed by atoms with Crippen molar-refractivity contribution in [1.29, 1.82) is 0 Å². The summed E-state index contributed by atoms with van der Waals surface area (Å²) in [4.78, 5) is 3.13. The Morgan fingerprint density at radius 3 is 2.88 bits per heavy atom. The molecule has 1 heterocycles. The average Bonchev–Trinajstić information content (AvgIpc) is 2.28. The Balaban J connectivity index is 2.18. The van der Waals surface area contributed by atoms with Crippen molar-refractivity contribution < 1.29 is 0 Å². The molecule has 1 aromatic carbocycles. The minimum atomic E-state index is 0.588. The maximum absolute atomic E-state index is 5.33. The minimum absolute atomic E-state index is 0.588. The van der Waals surface area contributed by atoms with Crippen molar-refractivity contribution in [3.8, 4) is 0 Å². The van der Waals surface area contributed by atoms with E-state index in [-0.39, 0.29) is 0 Å². The molecular formula is C13H18N2S. The number of benzene rings is 1. The van der Waals surface area contributed by atoms with E-state index in [2.05, 4.69) is 48.6 Å². The van der Waals surface area contributed by atoms with Crippen LogP contribution in [0.5, 0.6) is 0 Å². The quantitative estimate of drug-likeness (QED) is 0.805. The van der Waals surface area contributed by atoms with Crippen molar-refractivity contribution in [2.45, 2.75) is 12.3 Å². The van der Waals surface area contributed by atoms with E-state index in [0.717, 1.165) is 18.1 Å². The fourth-order valence-electron chi connectivity index (χ4n) is 2.15. The Morgan fingerprint density at radius 2 is 2.12 bits per heavy atom. The molecule has 0 bridgehead atoms. The molecule has 0 saturated carbocycles. The maximum atomic E-state index is 5.33. The number of fused-ring (bicyclic) bond motifs is 1. The number of nitrogens with zero attached hydrogens (tertiary/aromatic N) is 1. The predicted molar refractivity (Wildman–Crippen MR) is 72.1 cm³/mol. The smallest absolute Gasteiger partial charge is 0.106 e. The first-order valence-electron chi connectivity index (χ1n) is 5.70. The Morgan fingerprint density at radius 1 is 1.38 bits per heavy atom. The third-order valence-electron chi connectivity index (χ3n) is 3.08. The van der Waals surface area contributed by atoms with Gasteiger partial charge in [-0.2, -0.15) is 0 Å². The normalized spacial score (nSPS) is 19.4. The largest absolute Gasteiger partial charge is 0.375 e. The second-order valence-electron chi connectivity index (χ2n) is 4.59. The van der Waals surface area contributed by atoms with Crippen molar-refractivity contribution in [2.75, 3.05) is 27.2 Å². The SMILES string of the molecule is CN(C)CCC1CNC(=S)c2ccccc21. The molecule has 16 heavy (non-hydrogen) atoms. The van der Waals surface area contributed by atoms with Gasteiger partial charge in [-0.15, -0.1) is 0 Å². The monoisotopic (exact) mass is 234 g/mol. The molecule has 0 aromatic heterocycles. The van der Waals surface area contributed by atoms with Crippen LogP contribution in [0.4, 0.5) is 0 Å². The van der Waals surface area contributed by atoms with Gasteiger partial charge >= 0.3 is 0 Å². The van der Waals surface area contributed by atoms with Gasteiger partial charge in [0.15, 0.2) is 0 Å². The van der Waals surface area contributed by atoms with Crippen LogP contribution in [0.25, 0.3) is 0 Å². The van der Waals surface area contributed by atoms with Crippen LogP contribution < -0.4 is 5.32 Å². The molecule has 1 aromatic rings. The van der Waals surface area contributed by atoms with Crippen molar-refractivity contribution in [1.82, 2.24) is 10.2 Å². The van der Waals surface area contributed by atoms with Gasteiger partial charge in [0.2, 0.25) is 0 Å². The van der Waals surface area contributed by atoms with E-state index in [1.165, 1.54) is 17.5 Å². The number of rotatable bonds is 3. The van der Waals surface area contributed by atoms with Gasteiger partial charge in [0.05, 0.1) is 0 Å². The van der Waals surface area contributed by atoms with Gasteiger partial charge in [-0.1, -0.05) is 36.5 Å². The topological polar surface area (TPSA) is 15.3 Å². The van der Waals surface area contributed by atoms with E-state index in [0.29, 0.717) is 5.92 Å². The van der Waals surface area contributed by atoms with Gasteiger partial charge in [-0.25, -0.2) is 0 Å². The Bertz CT molecular complexity index is 387. The van der Waals surface area contributed by atoms with E-state index in [1.54, 1.807) is 0 Å². The molecule has 1 N–H and O–H groups in total. The van der Waals surface area contributed by atoms with E-state index in [4.69, 9.17) is 12.2 Å². The molecule has 1 aliphatic heterocycles. The lowest BCUT2D eigenvalue weighted by atomic mass is 9.88. The molecule has 2 nitrogen and oxygen atoms in total. The van der Waals surface area contributed by atoms with Crippen LogP contribution in [0.1, 0.15) is 23.5 Å². The van der Waals surface area contributed by atoms with E-state index >= 15 is 0 Å². The van der Waals surface area contributed by atoms with E-state index < -0.39 is 0 Å². The van der Waals surface area contributed by atoms with Gasteiger partial charge in [-0.05, 0) is 32.6 Å². The van der Waals surface area contributed by atoms with Gasteiger partial charge in [-0.3, -0.25) is 0 Å². The predicted octanol–water partition coefficient (Wildman–Crippen LogP) is 2.00. The molecule has 1 unspecified atom stereocenters. The minimum Gasteiger partial charge on any atom is -0.375 e. The van der Waals surface area contributed by atoms with Gasteiger partial charge in [0.1, 0.15) is 4.99 Å². The molecule has 0 fully saturated rings. The summed E-state index contributed by atoms with van der Waals surface area (Å²) in [7, 11) is 4.24. The fraction of sp³-hybridized carbons (Fsp3) is 0.462. The molecule has 0 spiro atoms. The lowest BCUT2D eigenvalue weighted by molar-refractivity contribution is 0.378. The third-order valence-corrected chi connectivity index (χ3v) is 3.44. The standard InChI is InChI=1S/C13H18N2S/c1-15(2)8-7-10-9-14-13(16)12-6-4-3-5-11(10)12/h3-6,10H,7-9H2,1-2H3,(H,14,16). The summed E-state index contributed by atoms with van der Waals surface area (Å²) < 4.78 is 0. The highest BCUT2D eigenvalue weighted by atomic mass is 32.1. The molecule has 1 aliphatic rings. The Kier molecular flexibility index (Phi) is 3.56. The molecule has 0 radical (unpaired) electrons. The summed E-state index contributed by atoms with van der Waals surface area (Å²) in [6, 6.07) is 8.49. The van der Waals surface area contributed by atoms with Gasteiger partial charge < -0.3 is 10.2 Å². The lowest BCUT2D eigenvalue weighted by Gasteiger charge is -2.28. The van der Waals surface area contributed by atoms with E-state index in [1.807, 2.05) is 0 Å². The summed E-state index contributed by atoms with van der Waals surface area (Å²) in [5.74, 6) is 0.588. The lowest BCUT2D eigenvalue weighted by Crippen LogP contribution is -2.35. The van der Waals surface area contributed by atoms with Gasteiger partial charge in [0, 0.05) is 18.0 Å². The average molecular weight is 234 g/mol. The summed E-state index contributed by atoms with van der Waals surface area (Å²) in [6.45, 7) is 2.09. The van der Waals surface area contributed by atoms with Gasteiger partial charge in [0.25, 0.3) is 0 Å². The maximum Gasteiger partial charge on any atom is 0.106 e. The first-order valence-corrected chi connectivity index (χ1v) is 6.11. The fourth-order valence-corrected chi connectivity index (χ4v) is 2.42. The van der Waals surface area contributed by atoms with Crippen molar-refractivity contribution in [2.24, 2.45) is 0 Å². The Hall–Kier alpha value is -0.930. The Labute approximate surface area is 103 Å². The first-order chi connectivity index (χ1) is 7.68. The van der Waals surface area contributed by atoms with Crippen LogP contribution in [0.15, 0.2) is 24.3 Å². The van der Waals surface area contributed by atoms with Crippen LogP contribution >= 0.6 is 12.2 Å². The molecular weight excluding hydrogens is 216 g/mol. The summed E-state index contributed by atoms with van der Waals surface area (Å²) in [5, 5.41) is 3.32. The summed E-state index contributed by atoms with van der Waals surface area (Å²) in [6.07, 6.45) is 1.18. The zero-order chi connectivity index (χ0) is 11.5. The number of hydrogen-bond acceptors (Lipinski definition) is 2. The van der Waals surface area contributed by atoms with Crippen LogP contribution in [0.3, 0.4) is 0 Å². The third kappa shape index (κ3) is 2.42. The first kappa shape index (κ1) is 11.6. The van der Waals surface area contributed by atoms with Crippen LogP contribution in [-0.2, 0) is 0 Å². The molecule has 0 amide bonds. The zero-order valence-corrected chi connectivity index (χ0v) is 10.7. The van der Waals surface area contributed by atoms with Crippen LogP contribution in [0, 0.1) is 0 Å². The molecule has 0 saturated heterocycles. The molecule has 86 valence electrons. The highest BCUT2D eigenvalue weighted by molar-refractivity contribution is 7.80.